The Balaban J connectivity index is 1.38. The molecular weight excluding hydrogens is 640 g/mol. The first-order valence-electron chi connectivity index (χ1n) is 15.2. The molecule has 48 heavy (non-hydrogen) atoms. The molecule has 0 aliphatic heterocycles. The normalized spacial score (nSPS) is 10.3. The van der Waals surface area contributed by atoms with Gasteiger partial charge in [0.2, 0.25) is 0 Å². The summed E-state index contributed by atoms with van der Waals surface area (Å²) in [5.74, 6) is -0.667. The summed E-state index contributed by atoms with van der Waals surface area (Å²) in [6.45, 7) is 0.261. The number of hydrogen-bond acceptors (Lipinski definition) is 16. The Morgan fingerprint density at radius 2 is 0.812 bits per heavy atom. The zero-order valence-corrected chi connectivity index (χ0v) is 27.5. The van der Waals surface area contributed by atoms with Crippen LogP contribution in [-0.2, 0) is 39.1 Å². The Kier molecular flexibility index (Phi) is 19.1. The third-order valence-electron chi connectivity index (χ3n) is 6.66. The topological polar surface area (TPSA) is 179 Å². The van der Waals surface area contributed by atoms with E-state index in [1.807, 2.05) is 0 Å². The zero-order valence-electron chi connectivity index (χ0n) is 27.5. The van der Waals surface area contributed by atoms with Gasteiger partial charge in [-0.05, 0) is 49.2 Å². The van der Waals surface area contributed by atoms with E-state index in [4.69, 9.17) is 28.4 Å². The van der Waals surface area contributed by atoms with Gasteiger partial charge in [-0.1, -0.05) is 51.4 Å². The molecule has 0 saturated heterocycles. The summed E-state index contributed by atoms with van der Waals surface area (Å²) in [5, 5.41) is 8.46. The lowest BCUT2D eigenvalue weighted by molar-refractivity contribution is -0.452. The second-order valence-corrected chi connectivity index (χ2v) is 9.91. The molecule has 0 spiro atoms. The number of carbonyl (C=O) groups is 4. The molecule has 0 aromatic heterocycles. The average molecular weight is 683 g/mol. The first kappa shape index (κ1) is 39.2. The number of rotatable bonds is 23. The van der Waals surface area contributed by atoms with Crippen molar-refractivity contribution in [3.63, 3.8) is 0 Å². The van der Waals surface area contributed by atoms with Gasteiger partial charge in [0.25, 0.3) is 0 Å². The third-order valence-corrected chi connectivity index (χ3v) is 6.66. The van der Waals surface area contributed by atoms with Crippen molar-refractivity contribution in [3.8, 4) is 23.0 Å². The van der Waals surface area contributed by atoms with Crippen LogP contribution in [0, 0.1) is 0 Å². The molecule has 0 atom stereocenters. The van der Waals surface area contributed by atoms with Crippen molar-refractivity contribution in [2.45, 2.75) is 64.2 Å². The quantitative estimate of drug-likeness (QED) is 0.0526. The molecule has 16 heteroatoms. The molecular formula is C32H42O16. The van der Waals surface area contributed by atoms with Crippen LogP contribution in [0.2, 0.25) is 0 Å². The van der Waals surface area contributed by atoms with Crippen molar-refractivity contribution in [1.29, 1.82) is 0 Å². The third kappa shape index (κ3) is 15.1. The molecule has 0 amide bonds. The Labute approximate surface area is 278 Å². The Bertz CT molecular complexity index is 1180. The smallest absolute Gasteiger partial charge is 0.497 e. The van der Waals surface area contributed by atoms with Crippen LogP contribution in [0.5, 0.6) is 23.0 Å². The fraction of sp³-hybridized carbons (Fsp3) is 0.500. The highest BCUT2D eigenvalue weighted by atomic mass is 17.5. The molecule has 0 saturated carbocycles. The van der Waals surface area contributed by atoms with E-state index >= 15 is 0 Å². The molecule has 0 bridgehead atoms. The summed E-state index contributed by atoms with van der Waals surface area (Å²) in [4.78, 5) is 65.0. The molecule has 266 valence electrons. The van der Waals surface area contributed by atoms with Crippen LogP contribution in [0.1, 0.15) is 84.9 Å². The van der Waals surface area contributed by atoms with E-state index in [1.165, 1.54) is 52.7 Å². The van der Waals surface area contributed by atoms with Gasteiger partial charge in [-0.3, -0.25) is 9.78 Å². The number of benzene rings is 2. The molecule has 0 aliphatic carbocycles. The highest BCUT2D eigenvalue weighted by Crippen LogP contribution is 2.26. The van der Waals surface area contributed by atoms with Crippen LogP contribution in [0.3, 0.4) is 0 Å². The molecule has 0 radical (unpaired) electrons. The number of unbranched alkanes of at least 4 members (excludes halogenated alkanes) is 9. The predicted molar refractivity (Wildman–Crippen MR) is 163 cm³/mol. The van der Waals surface area contributed by atoms with Crippen LogP contribution < -0.4 is 18.9 Å². The van der Waals surface area contributed by atoms with Gasteiger partial charge < -0.3 is 28.4 Å². The van der Waals surface area contributed by atoms with Gasteiger partial charge in [0.15, 0.2) is 0 Å². The van der Waals surface area contributed by atoms with Gasteiger partial charge in [0.1, 0.15) is 34.1 Å². The number of methoxy groups -OCH3 is 4. The second kappa shape index (κ2) is 23.4. The molecule has 0 N–H and O–H groups in total. The van der Waals surface area contributed by atoms with Crippen LogP contribution in [0.4, 0.5) is 9.59 Å². The molecule has 2 aromatic rings. The van der Waals surface area contributed by atoms with Crippen molar-refractivity contribution in [2.24, 2.45) is 0 Å². The Morgan fingerprint density at radius 3 is 1.15 bits per heavy atom. The maximum absolute atomic E-state index is 12.1. The first-order valence-corrected chi connectivity index (χ1v) is 15.2. The van der Waals surface area contributed by atoms with Crippen molar-refractivity contribution in [3.05, 3.63) is 47.5 Å². The molecule has 0 fully saturated rings. The van der Waals surface area contributed by atoms with Gasteiger partial charge in [-0.25, -0.2) is 29.0 Å². The second-order valence-electron chi connectivity index (χ2n) is 9.91. The summed E-state index contributed by atoms with van der Waals surface area (Å²) < 4.78 is 30.0. The van der Waals surface area contributed by atoms with E-state index in [2.05, 4.69) is 29.6 Å². The lowest BCUT2D eigenvalue weighted by Gasteiger charge is -2.08. The van der Waals surface area contributed by atoms with Gasteiger partial charge >= 0.3 is 24.2 Å². The van der Waals surface area contributed by atoms with Crippen molar-refractivity contribution in [2.75, 3.05) is 41.7 Å². The van der Waals surface area contributed by atoms with Crippen molar-refractivity contribution >= 4 is 24.2 Å². The fourth-order valence-corrected chi connectivity index (χ4v) is 4.17. The largest absolute Gasteiger partial charge is 0.543 e. The molecule has 2 aromatic carbocycles. The van der Waals surface area contributed by atoms with Gasteiger partial charge in [-0.15, -0.1) is 0 Å². The van der Waals surface area contributed by atoms with E-state index in [0.29, 0.717) is 24.3 Å². The SMILES string of the molecule is COc1ccc(OC)c(C(=O)OOOC(=O)OCCCCCCCCCCCCOC(=O)OOOC(=O)c2cc(OC)ccc2OC)c1. The monoisotopic (exact) mass is 682 g/mol. The first-order chi connectivity index (χ1) is 23.3. The maximum Gasteiger partial charge on any atom is 0.543 e. The van der Waals surface area contributed by atoms with E-state index in [0.717, 1.165) is 51.4 Å². The molecule has 2 rings (SSSR count). The highest BCUT2D eigenvalue weighted by Gasteiger charge is 2.19. The minimum Gasteiger partial charge on any atom is -0.497 e. The molecule has 0 heterocycles. The molecule has 0 unspecified atom stereocenters. The summed E-state index contributed by atoms with van der Waals surface area (Å²) in [5.41, 5.74) is 0.0314. The summed E-state index contributed by atoms with van der Waals surface area (Å²) in [6, 6.07) is 8.99. The maximum atomic E-state index is 12.1. The highest BCUT2D eigenvalue weighted by molar-refractivity contribution is 5.93. The minimum absolute atomic E-state index is 0.0157. The van der Waals surface area contributed by atoms with Gasteiger partial charge in [0, 0.05) is 0 Å². The lowest BCUT2D eigenvalue weighted by atomic mass is 10.1. The van der Waals surface area contributed by atoms with Crippen LogP contribution in [0.25, 0.3) is 0 Å². The van der Waals surface area contributed by atoms with Crippen LogP contribution >= 0.6 is 0 Å². The molecule has 0 aliphatic rings. The lowest BCUT2D eigenvalue weighted by Crippen LogP contribution is -2.13. The summed E-state index contributed by atoms with van der Waals surface area (Å²) >= 11 is 0. The standard InChI is InChI=1S/C32H42O16/c1-37-23-15-17-27(39-3)25(21-23)29(33)43-47-45-31(35)41-19-13-11-9-7-5-6-8-10-12-14-20-42-32(36)46-48-44-30(34)26-22-24(38-2)16-18-28(26)40-4/h15-18,21-22H,5-14,19-20H2,1-4H3. The number of hydrogen-bond donors (Lipinski definition) is 0. The van der Waals surface area contributed by atoms with Crippen molar-refractivity contribution < 1.29 is 77.2 Å². The van der Waals surface area contributed by atoms with Gasteiger partial charge in [-0.2, -0.15) is 0 Å². The van der Waals surface area contributed by atoms with Gasteiger partial charge in [0.05, 0.1) is 51.7 Å². The Morgan fingerprint density at radius 1 is 0.458 bits per heavy atom. The predicted octanol–water partition coefficient (Wildman–Crippen LogP) is 6.64. The zero-order chi connectivity index (χ0) is 35.0. The van der Waals surface area contributed by atoms with Crippen molar-refractivity contribution in [1.82, 2.24) is 0 Å². The Hall–Kier alpha value is -4.96. The fourth-order valence-electron chi connectivity index (χ4n) is 4.17. The summed E-state index contributed by atoms with van der Waals surface area (Å²) in [6.07, 6.45) is 6.93. The average Bonchev–Trinajstić information content (AvgIpc) is 3.10. The minimum atomic E-state index is -1.14. The van der Waals surface area contributed by atoms with E-state index in [-0.39, 0.29) is 35.8 Å². The molecule has 16 nitrogen and oxygen atoms in total. The summed E-state index contributed by atoms with van der Waals surface area (Å²) in [7, 11) is 5.64. The number of carbonyl (C=O) groups excluding carboxylic acids is 4. The van der Waals surface area contributed by atoms with Crippen LogP contribution in [-0.4, -0.2) is 65.9 Å². The van der Waals surface area contributed by atoms with E-state index in [9.17, 15) is 19.2 Å². The van der Waals surface area contributed by atoms with E-state index in [1.54, 1.807) is 12.1 Å². The van der Waals surface area contributed by atoms with E-state index < -0.39 is 24.2 Å². The van der Waals surface area contributed by atoms with Crippen LogP contribution in [0.15, 0.2) is 36.4 Å². The number of ether oxygens (including phenoxy) is 6.